The fourth-order valence-electron chi connectivity index (χ4n) is 2.27. The zero-order valence-corrected chi connectivity index (χ0v) is 12.5. The number of nitrogens with two attached hydrogens (primary N) is 1. The number of hydrogen-bond acceptors (Lipinski definition) is 2. The highest BCUT2D eigenvalue weighted by Gasteiger charge is 2.13. The molecule has 19 heavy (non-hydrogen) atoms. The Morgan fingerprint density at radius 3 is 2.58 bits per heavy atom. The highest BCUT2D eigenvalue weighted by Crippen LogP contribution is 2.23. The topological polar surface area (TPSA) is 43.8 Å². The third-order valence-electron chi connectivity index (χ3n) is 3.37. The van der Waals surface area contributed by atoms with E-state index in [-0.39, 0.29) is 0 Å². The van der Waals surface area contributed by atoms with Crippen LogP contribution in [0.15, 0.2) is 18.2 Å². The second-order valence-electron chi connectivity index (χ2n) is 4.77. The predicted octanol–water partition coefficient (Wildman–Crippen LogP) is 3.60. The molecule has 0 saturated heterocycles. The molecule has 0 aliphatic rings. The fraction of sp³-hybridized carbons (Fsp3) is 0.400. The van der Waals surface area contributed by atoms with E-state index in [2.05, 4.69) is 31.1 Å². The molecule has 0 aliphatic heterocycles. The maximum Gasteiger partial charge on any atom is 0.0854 e. The van der Waals surface area contributed by atoms with Crippen LogP contribution in [0.25, 0.3) is 0 Å². The van der Waals surface area contributed by atoms with Gasteiger partial charge in [0.25, 0.3) is 0 Å². The van der Waals surface area contributed by atoms with Crippen molar-refractivity contribution in [2.75, 3.05) is 5.73 Å². The Morgan fingerprint density at radius 1 is 1.26 bits per heavy atom. The summed E-state index contributed by atoms with van der Waals surface area (Å²) < 4.78 is 1.98. The van der Waals surface area contributed by atoms with Gasteiger partial charge in [-0.05, 0) is 37.0 Å². The standard InChI is InChI=1S/C15H20ClN3/c1-4-13-15(17)14(5-2)19(18-13)9-11-7-6-10(3)8-12(11)16/h6-8H,4-5,9,17H2,1-3H3. The minimum atomic E-state index is 0.673. The molecule has 0 atom stereocenters. The van der Waals surface area contributed by atoms with Gasteiger partial charge in [0.05, 0.1) is 23.6 Å². The number of benzene rings is 1. The first-order valence-corrected chi connectivity index (χ1v) is 7.03. The Bertz CT molecular complexity index is 587. The van der Waals surface area contributed by atoms with Crippen molar-refractivity contribution in [1.29, 1.82) is 0 Å². The van der Waals surface area contributed by atoms with Crippen molar-refractivity contribution in [3.63, 3.8) is 0 Å². The highest BCUT2D eigenvalue weighted by atomic mass is 35.5. The van der Waals surface area contributed by atoms with Crippen molar-refractivity contribution in [3.05, 3.63) is 45.7 Å². The van der Waals surface area contributed by atoms with Gasteiger partial charge in [0.2, 0.25) is 0 Å². The molecule has 3 nitrogen and oxygen atoms in total. The quantitative estimate of drug-likeness (QED) is 0.928. The minimum absolute atomic E-state index is 0.673. The van der Waals surface area contributed by atoms with Crippen LogP contribution in [0.3, 0.4) is 0 Å². The lowest BCUT2D eigenvalue weighted by Crippen LogP contribution is -2.07. The molecule has 0 radical (unpaired) electrons. The molecule has 0 bridgehead atoms. The van der Waals surface area contributed by atoms with Crippen molar-refractivity contribution >= 4 is 17.3 Å². The van der Waals surface area contributed by atoms with Crippen molar-refractivity contribution in [2.45, 2.75) is 40.2 Å². The van der Waals surface area contributed by atoms with Crippen LogP contribution in [0.5, 0.6) is 0 Å². The average Bonchev–Trinajstić information content (AvgIpc) is 2.68. The molecule has 4 heteroatoms. The van der Waals surface area contributed by atoms with Crippen molar-refractivity contribution in [2.24, 2.45) is 0 Å². The summed E-state index contributed by atoms with van der Waals surface area (Å²) in [5, 5.41) is 5.38. The number of nitrogens with zero attached hydrogens (tertiary/aromatic N) is 2. The van der Waals surface area contributed by atoms with Gasteiger partial charge in [0.1, 0.15) is 0 Å². The van der Waals surface area contributed by atoms with Gasteiger partial charge in [0, 0.05) is 5.02 Å². The minimum Gasteiger partial charge on any atom is -0.396 e. The van der Waals surface area contributed by atoms with E-state index >= 15 is 0 Å². The zero-order chi connectivity index (χ0) is 14.0. The molecule has 0 unspecified atom stereocenters. The summed E-state index contributed by atoms with van der Waals surface area (Å²) in [5.41, 5.74) is 11.3. The monoisotopic (exact) mass is 277 g/mol. The van der Waals surface area contributed by atoms with Crippen LogP contribution in [0, 0.1) is 6.92 Å². The molecule has 0 saturated carbocycles. The summed E-state index contributed by atoms with van der Waals surface area (Å²) >= 11 is 6.28. The molecule has 0 spiro atoms. The molecule has 102 valence electrons. The van der Waals surface area contributed by atoms with E-state index in [0.717, 1.165) is 40.5 Å². The number of aromatic nitrogens is 2. The normalized spacial score (nSPS) is 10.9. The summed E-state index contributed by atoms with van der Waals surface area (Å²) in [7, 11) is 0. The van der Waals surface area contributed by atoms with E-state index in [1.165, 1.54) is 5.56 Å². The van der Waals surface area contributed by atoms with Crippen LogP contribution < -0.4 is 5.73 Å². The van der Waals surface area contributed by atoms with E-state index in [4.69, 9.17) is 17.3 Å². The smallest absolute Gasteiger partial charge is 0.0854 e. The molecule has 1 aromatic heterocycles. The van der Waals surface area contributed by atoms with Crippen molar-refractivity contribution in [1.82, 2.24) is 9.78 Å². The Balaban J connectivity index is 2.37. The summed E-state index contributed by atoms with van der Waals surface area (Å²) in [6.07, 6.45) is 1.73. The zero-order valence-electron chi connectivity index (χ0n) is 11.7. The van der Waals surface area contributed by atoms with Crippen LogP contribution in [0.1, 0.15) is 36.4 Å². The SMILES string of the molecule is CCc1nn(Cc2ccc(C)cc2Cl)c(CC)c1N. The Kier molecular flexibility index (Phi) is 4.15. The Morgan fingerprint density at radius 2 is 2.00 bits per heavy atom. The molecule has 0 amide bonds. The van der Waals surface area contributed by atoms with E-state index < -0.39 is 0 Å². The average molecular weight is 278 g/mol. The molecule has 1 heterocycles. The van der Waals surface area contributed by atoms with Crippen LogP contribution in [-0.2, 0) is 19.4 Å². The van der Waals surface area contributed by atoms with Crippen LogP contribution in [0.4, 0.5) is 5.69 Å². The first-order chi connectivity index (χ1) is 9.06. The third-order valence-corrected chi connectivity index (χ3v) is 3.73. The first-order valence-electron chi connectivity index (χ1n) is 6.65. The van der Waals surface area contributed by atoms with Gasteiger partial charge in [-0.2, -0.15) is 5.10 Å². The van der Waals surface area contributed by atoms with E-state index in [1.807, 2.05) is 17.7 Å². The highest BCUT2D eigenvalue weighted by molar-refractivity contribution is 6.31. The maximum atomic E-state index is 6.28. The first kappa shape index (κ1) is 13.9. The summed E-state index contributed by atoms with van der Waals surface area (Å²) in [5.74, 6) is 0. The second kappa shape index (κ2) is 5.66. The van der Waals surface area contributed by atoms with Gasteiger partial charge in [-0.3, -0.25) is 4.68 Å². The van der Waals surface area contributed by atoms with Gasteiger partial charge >= 0.3 is 0 Å². The van der Waals surface area contributed by atoms with E-state index in [1.54, 1.807) is 0 Å². The molecule has 2 rings (SSSR count). The van der Waals surface area contributed by atoms with Gasteiger partial charge < -0.3 is 5.73 Å². The summed E-state index contributed by atoms with van der Waals surface area (Å²) in [4.78, 5) is 0. The summed E-state index contributed by atoms with van der Waals surface area (Å²) in [6, 6.07) is 6.11. The van der Waals surface area contributed by atoms with Gasteiger partial charge in [-0.25, -0.2) is 0 Å². The number of halogens is 1. The molecule has 0 aliphatic carbocycles. The van der Waals surface area contributed by atoms with Crippen LogP contribution in [-0.4, -0.2) is 9.78 Å². The Labute approximate surface area is 119 Å². The predicted molar refractivity (Wildman–Crippen MR) is 80.7 cm³/mol. The van der Waals surface area contributed by atoms with Gasteiger partial charge in [-0.1, -0.05) is 37.6 Å². The number of hydrogen-bond donors (Lipinski definition) is 1. The van der Waals surface area contributed by atoms with Gasteiger partial charge in [0.15, 0.2) is 0 Å². The fourth-order valence-corrected chi connectivity index (χ4v) is 2.57. The lowest BCUT2D eigenvalue weighted by atomic mass is 10.1. The third kappa shape index (κ3) is 2.76. The van der Waals surface area contributed by atoms with Crippen molar-refractivity contribution < 1.29 is 0 Å². The van der Waals surface area contributed by atoms with Crippen molar-refractivity contribution in [3.8, 4) is 0 Å². The summed E-state index contributed by atoms with van der Waals surface area (Å²) in [6.45, 7) is 6.88. The lowest BCUT2D eigenvalue weighted by Gasteiger charge is -2.09. The van der Waals surface area contributed by atoms with Gasteiger partial charge in [-0.15, -0.1) is 0 Å². The number of aryl methyl sites for hydroxylation is 2. The maximum absolute atomic E-state index is 6.28. The molecule has 2 N–H and O–H groups in total. The van der Waals surface area contributed by atoms with Crippen LogP contribution in [0.2, 0.25) is 5.02 Å². The van der Waals surface area contributed by atoms with E-state index in [0.29, 0.717) is 6.54 Å². The molecular weight excluding hydrogens is 258 g/mol. The largest absolute Gasteiger partial charge is 0.396 e. The molecule has 0 fully saturated rings. The van der Waals surface area contributed by atoms with Crippen LogP contribution >= 0.6 is 11.6 Å². The second-order valence-corrected chi connectivity index (χ2v) is 5.17. The lowest BCUT2D eigenvalue weighted by molar-refractivity contribution is 0.641. The van der Waals surface area contributed by atoms with E-state index in [9.17, 15) is 0 Å². The molecule has 2 aromatic rings. The Hall–Kier alpha value is -1.48. The number of rotatable bonds is 4. The molecular formula is C15H20ClN3. The number of anilines is 1. The molecule has 1 aromatic carbocycles. The number of nitrogen functional groups attached to an aromatic ring is 1.